The Labute approximate surface area is 179 Å². The van der Waals surface area contributed by atoms with Crippen LogP contribution < -0.4 is 9.47 Å². The minimum Gasteiger partial charge on any atom is -0.504 e. The summed E-state index contributed by atoms with van der Waals surface area (Å²) >= 11 is 0. The highest BCUT2D eigenvalue weighted by molar-refractivity contribution is 6.10. The average Bonchev–Trinajstić information content (AvgIpc) is 2.76. The Morgan fingerprint density at radius 1 is 0.839 bits per heavy atom. The summed E-state index contributed by atoms with van der Waals surface area (Å²) in [6, 6.07) is 8.96. The second-order valence-electron chi connectivity index (χ2n) is 6.30. The number of aromatic hydroxyl groups is 2. The van der Waals surface area contributed by atoms with Gasteiger partial charge in [0, 0.05) is 0 Å². The summed E-state index contributed by atoms with van der Waals surface area (Å²) in [7, 11) is 2.63. The maximum atomic E-state index is 12.1. The van der Waals surface area contributed by atoms with E-state index in [1.54, 1.807) is 18.2 Å². The average molecular weight is 426 g/mol. The van der Waals surface area contributed by atoms with Gasteiger partial charge >= 0.3 is 5.97 Å². The summed E-state index contributed by atoms with van der Waals surface area (Å²) in [5, 5.41) is 19.3. The van der Waals surface area contributed by atoms with Gasteiger partial charge < -0.3 is 24.4 Å². The van der Waals surface area contributed by atoms with Crippen LogP contribution in [0.25, 0.3) is 12.2 Å². The van der Waals surface area contributed by atoms with Crippen LogP contribution in [0.2, 0.25) is 0 Å². The van der Waals surface area contributed by atoms with E-state index in [0.717, 1.165) is 0 Å². The lowest BCUT2D eigenvalue weighted by Gasteiger charge is -2.07. The zero-order valence-electron chi connectivity index (χ0n) is 17.0. The molecule has 2 rings (SSSR count). The third-order valence-electron chi connectivity index (χ3n) is 4.03. The van der Waals surface area contributed by atoms with Crippen LogP contribution in [0, 0.1) is 0 Å². The monoisotopic (exact) mass is 426 g/mol. The van der Waals surface area contributed by atoms with Crippen LogP contribution in [-0.2, 0) is 19.1 Å². The molecule has 0 aromatic heterocycles. The van der Waals surface area contributed by atoms with E-state index in [9.17, 15) is 24.6 Å². The summed E-state index contributed by atoms with van der Waals surface area (Å²) in [4.78, 5) is 35.2. The number of ether oxygens (including phenoxy) is 3. The quantitative estimate of drug-likeness (QED) is 0.338. The van der Waals surface area contributed by atoms with Crippen LogP contribution in [0.1, 0.15) is 17.5 Å². The van der Waals surface area contributed by atoms with E-state index >= 15 is 0 Å². The van der Waals surface area contributed by atoms with E-state index in [4.69, 9.17) is 9.47 Å². The predicted molar refractivity (Wildman–Crippen MR) is 113 cm³/mol. The normalized spacial score (nSPS) is 10.9. The Balaban J connectivity index is 1.95. The van der Waals surface area contributed by atoms with E-state index in [1.165, 1.54) is 56.7 Å². The molecule has 2 N–H and O–H groups in total. The molecule has 0 bridgehead atoms. The number of ketones is 2. The Kier molecular flexibility index (Phi) is 8.39. The van der Waals surface area contributed by atoms with E-state index in [2.05, 4.69) is 4.74 Å². The first-order valence-electron chi connectivity index (χ1n) is 9.14. The third kappa shape index (κ3) is 7.36. The smallest absolute Gasteiger partial charge is 0.343 e. The van der Waals surface area contributed by atoms with Crippen molar-refractivity contribution >= 4 is 29.7 Å². The zero-order chi connectivity index (χ0) is 22.8. The molecule has 0 saturated carbocycles. The lowest BCUT2D eigenvalue weighted by atomic mass is 10.1. The fraction of sp³-hybridized carbons (Fsp3) is 0.174. The molecule has 0 fully saturated rings. The highest BCUT2D eigenvalue weighted by Crippen LogP contribution is 2.28. The molecule has 0 saturated heterocycles. The van der Waals surface area contributed by atoms with Gasteiger partial charge in [-0.25, -0.2) is 4.79 Å². The molecule has 2 aromatic carbocycles. The van der Waals surface area contributed by atoms with Crippen LogP contribution in [-0.4, -0.2) is 48.6 Å². The van der Waals surface area contributed by atoms with Crippen molar-refractivity contribution in [3.63, 3.8) is 0 Å². The topological polar surface area (TPSA) is 119 Å². The maximum absolute atomic E-state index is 12.1. The number of hydrogen-bond donors (Lipinski definition) is 2. The van der Waals surface area contributed by atoms with Gasteiger partial charge in [-0.05, 0) is 47.5 Å². The van der Waals surface area contributed by atoms with Crippen LogP contribution in [0.15, 0.2) is 48.6 Å². The first-order valence-corrected chi connectivity index (χ1v) is 9.14. The summed E-state index contributed by atoms with van der Waals surface area (Å²) in [5.41, 5.74) is 1.17. The van der Waals surface area contributed by atoms with Gasteiger partial charge in [0.05, 0.1) is 20.6 Å². The number of carbonyl (C=O) groups is 3. The molecule has 0 aliphatic heterocycles. The van der Waals surface area contributed by atoms with Crippen molar-refractivity contribution in [2.24, 2.45) is 0 Å². The van der Waals surface area contributed by atoms with Crippen LogP contribution >= 0.6 is 0 Å². The van der Waals surface area contributed by atoms with Crippen molar-refractivity contribution < 1.29 is 38.8 Å². The highest BCUT2D eigenvalue weighted by Gasteiger charge is 2.08. The van der Waals surface area contributed by atoms with Crippen LogP contribution in [0.5, 0.6) is 23.0 Å². The molecule has 0 atom stereocenters. The summed E-state index contributed by atoms with van der Waals surface area (Å²) in [6.07, 6.45) is 5.18. The van der Waals surface area contributed by atoms with E-state index in [0.29, 0.717) is 11.1 Å². The number of phenols is 2. The fourth-order valence-electron chi connectivity index (χ4n) is 2.41. The van der Waals surface area contributed by atoms with E-state index < -0.39 is 17.5 Å². The van der Waals surface area contributed by atoms with Gasteiger partial charge in [-0.2, -0.15) is 0 Å². The first kappa shape index (κ1) is 23.2. The number of esters is 1. The molecule has 8 nitrogen and oxygen atoms in total. The molecule has 0 radical (unpaired) electrons. The Bertz CT molecular complexity index is 1020. The molecule has 0 aliphatic rings. The van der Waals surface area contributed by atoms with Crippen molar-refractivity contribution in [3.8, 4) is 23.0 Å². The van der Waals surface area contributed by atoms with Gasteiger partial charge in [0.15, 0.2) is 41.2 Å². The molecule has 8 heteroatoms. The van der Waals surface area contributed by atoms with Crippen molar-refractivity contribution in [1.82, 2.24) is 0 Å². The summed E-state index contributed by atoms with van der Waals surface area (Å²) < 4.78 is 14.6. The van der Waals surface area contributed by atoms with Gasteiger partial charge in [0.1, 0.15) is 0 Å². The largest absolute Gasteiger partial charge is 0.504 e. The van der Waals surface area contributed by atoms with Gasteiger partial charge in [-0.3, -0.25) is 9.59 Å². The van der Waals surface area contributed by atoms with Gasteiger partial charge in [-0.1, -0.05) is 24.3 Å². The van der Waals surface area contributed by atoms with Gasteiger partial charge in [-0.15, -0.1) is 0 Å². The maximum Gasteiger partial charge on any atom is 0.343 e. The first-order chi connectivity index (χ1) is 14.8. The minimum absolute atomic E-state index is 0.0145. The van der Waals surface area contributed by atoms with Gasteiger partial charge in [0.2, 0.25) is 0 Å². The molecular formula is C23H22O8. The number of benzene rings is 2. The standard InChI is InChI=1S/C23H22O8/c1-29-21-11-15(5-9-19(21)26)3-7-17(24)13-18(25)8-4-16-6-10-20(27)22(12-16)31-14-23(28)30-2/h3-12,26-27H,13-14H2,1-2H3. The molecule has 0 heterocycles. The number of allylic oxidation sites excluding steroid dienone is 2. The Morgan fingerprint density at radius 2 is 1.35 bits per heavy atom. The number of phenolic OH excluding ortho intramolecular Hbond substituents is 2. The molecule has 0 unspecified atom stereocenters. The van der Waals surface area contributed by atoms with Crippen LogP contribution in [0.4, 0.5) is 0 Å². The number of methoxy groups -OCH3 is 2. The molecule has 31 heavy (non-hydrogen) atoms. The van der Waals surface area contributed by atoms with Crippen molar-refractivity contribution in [3.05, 3.63) is 59.7 Å². The third-order valence-corrected chi connectivity index (χ3v) is 4.03. The number of hydrogen-bond acceptors (Lipinski definition) is 8. The van der Waals surface area contributed by atoms with Crippen LogP contribution in [0.3, 0.4) is 0 Å². The predicted octanol–water partition coefficient (Wildman–Crippen LogP) is 2.91. The fourth-order valence-corrected chi connectivity index (χ4v) is 2.41. The van der Waals surface area contributed by atoms with Crippen molar-refractivity contribution in [2.75, 3.05) is 20.8 Å². The molecule has 0 aliphatic carbocycles. The summed E-state index contributed by atoms with van der Waals surface area (Å²) in [5.74, 6) is -1.26. The second-order valence-corrected chi connectivity index (χ2v) is 6.30. The Morgan fingerprint density at radius 3 is 1.87 bits per heavy atom. The van der Waals surface area contributed by atoms with E-state index in [-0.39, 0.29) is 36.0 Å². The number of rotatable bonds is 10. The summed E-state index contributed by atoms with van der Waals surface area (Å²) in [6.45, 7) is -0.371. The molecule has 0 spiro atoms. The second kappa shape index (κ2) is 11.2. The lowest BCUT2D eigenvalue weighted by molar-refractivity contribution is -0.143. The zero-order valence-corrected chi connectivity index (χ0v) is 17.0. The van der Waals surface area contributed by atoms with Crippen molar-refractivity contribution in [1.29, 1.82) is 0 Å². The van der Waals surface area contributed by atoms with Gasteiger partial charge in [0.25, 0.3) is 0 Å². The van der Waals surface area contributed by atoms with Crippen molar-refractivity contribution in [2.45, 2.75) is 6.42 Å². The van der Waals surface area contributed by atoms with E-state index in [1.807, 2.05) is 0 Å². The highest BCUT2D eigenvalue weighted by atomic mass is 16.6. The minimum atomic E-state index is -0.604. The molecule has 2 aromatic rings. The Hall–Kier alpha value is -4.07. The lowest BCUT2D eigenvalue weighted by Crippen LogP contribution is -2.12. The molecule has 0 amide bonds. The number of carbonyl (C=O) groups excluding carboxylic acids is 3. The SMILES string of the molecule is COC(=O)COc1cc(C=CC(=O)CC(=O)C=Cc2ccc(O)c(OC)c2)ccc1O. The molecule has 162 valence electrons. The molecular weight excluding hydrogens is 404 g/mol.